The van der Waals surface area contributed by atoms with Crippen LogP contribution in [0.1, 0.15) is 43.6 Å². The molecule has 0 bridgehead atoms. The van der Waals surface area contributed by atoms with Gasteiger partial charge in [0.1, 0.15) is 10.9 Å². The lowest BCUT2D eigenvalue weighted by atomic mass is 10.1. The SMILES string of the molecule is CC(C)(C)OC(=O)NN(C(=O)CCc1ccccc1)c1ccccc1[C@H](S)C(=O)O. The van der Waals surface area contributed by atoms with E-state index in [9.17, 15) is 19.5 Å². The third-order valence-electron chi connectivity index (χ3n) is 4.03. The number of benzene rings is 2. The van der Waals surface area contributed by atoms with Crippen LogP contribution in [0.3, 0.4) is 0 Å². The average molecular weight is 431 g/mol. The minimum absolute atomic E-state index is 0.0957. The van der Waals surface area contributed by atoms with E-state index in [0.29, 0.717) is 6.42 Å². The molecule has 160 valence electrons. The van der Waals surface area contributed by atoms with Crippen molar-refractivity contribution in [3.63, 3.8) is 0 Å². The van der Waals surface area contributed by atoms with Gasteiger partial charge in [0, 0.05) is 12.0 Å². The van der Waals surface area contributed by atoms with Crippen LogP contribution in [-0.4, -0.2) is 28.7 Å². The van der Waals surface area contributed by atoms with Gasteiger partial charge >= 0.3 is 12.1 Å². The summed E-state index contributed by atoms with van der Waals surface area (Å²) >= 11 is 4.13. The summed E-state index contributed by atoms with van der Waals surface area (Å²) in [6.45, 7) is 5.11. The van der Waals surface area contributed by atoms with Crippen LogP contribution in [0.15, 0.2) is 54.6 Å². The van der Waals surface area contributed by atoms with Crippen LogP contribution in [-0.2, 0) is 20.7 Å². The molecule has 2 amide bonds. The summed E-state index contributed by atoms with van der Waals surface area (Å²) in [6, 6.07) is 15.8. The topological polar surface area (TPSA) is 95.9 Å². The van der Waals surface area contributed by atoms with E-state index in [1.807, 2.05) is 30.3 Å². The Morgan fingerprint density at radius 3 is 2.27 bits per heavy atom. The number of para-hydroxylation sites is 1. The van der Waals surface area contributed by atoms with Gasteiger partial charge in [-0.3, -0.25) is 9.59 Å². The Labute approximate surface area is 181 Å². The molecule has 0 aromatic heterocycles. The summed E-state index contributed by atoms with van der Waals surface area (Å²) in [4.78, 5) is 36.9. The maximum absolute atomic E-state index is 13.0. The second-order valence-corrected chi connectivity index (χ2v) is 8.14. The van der Waals surface area contributed by atoms with Gasteiger partial charge in [-0.1, -0.05) is 48.5 Å². The fraction of sp³-hybridized carbons (Fsp3) is 0.318. The average Bonchev–Trinajstić information content (AvgIpc) is 2.69. The summed E-state index contributed by atoms with van der Waals surface area (Å²) in [5.41, 5.74) is 3.16. The molecule has 2 aromatic rings. The predicted octanol–water partition coefficient (Wildman–Crippen LogP) is 4.15. The largest absolute Gasteiger partial charge is 0.480 e. The number of carboxylic acids is 1. The quantitative estimate of drug-likeness (QED) is 0.473. The van der Waals surface area contributed by atoms with Gasteiger partial charge in [0.05, 0.1) is 5.69 Å². The van der Waals surface area contributed by atoms with E-state index in [4.69, 9.17) is 4.74 Å². The number of carbonyl (C=O) groups excluding carboxylic acids is 2. The lowest BCUT2D eigenvalue weighted by Gasteiger charge is -2.28. The van der Waals surface area contributed by atoms with Gasteiger partial charge in [0.15, 0.2) is 0 Å². The Morgan fingerprint density at radius 1 is 1.07 bits per heavy atom. The molecule has 2 N–H and O–H groups in total. The Balaban J connectivity index is 2.33. The van der Waals surface area contributed by atoms with Crippen LogP contribution in [0.25, 0.3) is 0 Å². The van der Waals surface area contributed by atoms with Crippen LogP contribution < -0.4 is 10.4 Å². The van der Waals surface area contributed by atoms with Crippen molar-refractivity contribution in [1.29, 1.82) is 0 Å². The third kappa shape index (κ3) is 6.81. The highest BCUT2D eigenvalue weighted by atomic mass is 32.1. The van der Waals surface area contributed by atoms with Crippen LogP contribution in [0.5, 0.6) is 0 Å². The molecule has 0 fully saturated rings. The maximum Gasteiger partial charge on any atom is 0.427 e. The zero-order valence-corrected chi connectivity index (χ0v) is 18.1. The maximum atomic E-state index is 13.0. The molecular formula is C22H26N2O5S. The van der Waals surface area contributed by atoms with E-state index in [-0.39, 0.29) is 17.7 Å². The monoisotopic (exact) mass is 430 g/mol. The number of rotatable bonds is 6. The van der Waals surface area contributed by atoms with Crippen LogP contribution in [0.4, 0.5) is 10.5 Å². The van der Waals surface area contributed by atoms with Crippen molar-refractivity contribution in [2.24, 2.45) is 0 Å². The molecule has 0 saturated carbocycles. The Kier molecular flexibility index (Phi) is 7.88. The minimum Gasteiger partial charge on any atom is -0.480 e. The molecule has 0 spiro atoms. The second kappa shape index (κ2) is 10.2. The Bertz CT molecular complexity index is 896. The number of hydrogen-bond acceptors (Lipinski definition) is 5. The normalized spacial score (nSPS) is 12.0. The molecule has 2 aromatic carbocycles. The first-order valence-electron chi connectivity index (χ1n) is 9.45. The number of anilines is 1. The summed E-state index contributed by atoms with van der Waals surface area (Å²) < 4.78 is 5.27. The summed E-state index contributed by atoms with van der Waals surface area (Å²) in [6.07, 6.45) is -0.271. The predicted molar refractivity (Wildman–Crippen MR) is 117 cm³/mol. The molecule has 8 heteroatoms. The fourth-order valence-electron chi connectivity index (χ4n) is 2.71. The lowest BCUT2D eigenvalue weighted by Crippen LogP contribution is -2.49. The van der Waals surface area contributed by atoms with Crippen LogP contribution in [0.2, 0.25) is 0 Å². The van der Waals surface area contributed by atoms with E-state index < -0.39 is 28.8 Å². The number of carboxylic acid groups (broad SMARTS) is 1. The molecule has 2 rings (SSSR count). The Hall–Kier alpha value is -3.00. The molecule has 0 unspecified atom stereocenters. The van der Waals surface area contributed by atoms with Crippen LogP contribution in [0, 0.1) is 0 Å². The molecule has 0 saturated heterocycles. The van der Waals surface area contributed by atoms with E-state index in [2.05, 4.69) is 18.1 Å². The molecular weight excluding hydrogens is 404 g/mol. The van der Waals surface area contributed by atoms with Gasteiger partial charge < -0.3 is 9.84 Å². The van der Waals surface area contributed by atoms with Crippen molar-refractivity contribution in [1.82, 2.24) is 5.43 Å². The number of hydrazine groups is 1. The molecule has 30 heavy (non-hydrogen) atoms. The van der Waals surface area contributed by atoms with Crippen molar-refractivity contribution in [3.05, 3.63) is 65.7 Å². The molecule has 1 atom stereocenters. The van der Waals surface area contributed by atoms with Crippen LogP contribution >= 0.6 is 12.6 Å². The first-order chi connectivity index (χ1) is 14.1. The Morgan fingerprint density at radius 2 is 1.67 bits per heavy atom. The van der Waals surface area contributed by atoms with E-state index in [1.54, 1.807) is 45.0 Å². The number of ether oxygens (including phenoxy) is 1. The highest BCUT2D eigenvalue weighted by Gasteiger charge is 2.27. The number of amides is 2. The van der Waals surface area contributed by atoms with Crippen molar-refractivity contribution >= 4 is 36.3 Å². The smallest absolute Gasteiger partial charge is 0.427 e. The van der Waals surface area contributed by atoms with Gasteiger partial charge in [-0.2, -0.15) is 12.6 Å². The molecule has 0 heterocycles. The number of thiol groups is 1. The van der Waals surface area contributed by atoms with Gasteiger partial charge in [0.2, 0.25) is 5.91 Å². The first kappa shape index (κ1) is 23.3. The fourth-order valence-corrected chi connectivity index (χ4v) is 2.93. The molecule has 0 aliphatic carbocycles. The minimum atomic E-state index is -1.17. The number of nitrogens with zero attached hydrogens (tertiary/aromatic N) is 1. The zero-order valence-electron chi connectivity index (χ0n) is 17.2. The van der Waals surface area contributed by atoms with Crippen molar-refractivity contribution in [2.45, 2.75) is 44.5 Å². The van der Waals surface area contributed by atoms with Crippen molar-refractivity contribution in [2.75, 3.05) is 5.01 Å². The number of carbonyl (C=O) groups is 3. The summed E-state index contributed by atoms with van der Waals surface area (Å²) in [7, 11) is 0. The molecule has 0 aliphatic heterocycles. The first-order valence-corrected chi connectivity index (χ1v) is 9.96. The van der Waals surface area contributed by atoms with E-state index >= 15 is 0 Å². The highest BCUT2D eigenvalue weighted by Crippen LogP contribution is 2.30. The van der Waals surface area contributed by atoms with Gasteiger partial charge in [-0.25, -0.2) is 15.2 Å². The number of aliphatic carboxylic acids is 1. The van der Waals surface area contributed by atoms with Gasteiger partial charge in [0.25, 0.3) is 0 Å². The number of aryl methyl sites for hydroxylation is 1. The summed E-state index contributed by atoms with van der Waals surface area (Å²) in [5, 5.41) is 9.24. The summed E-state index contributed by atoms with van der Waals surface area (Å²) in [5.74, 6) is -1.58. The van der Waals surface area contributed by atoms with Gasteiger partial charge in [-0.05, 0) is 38.8 Å². The number of hydrogen-bond donors (Lipinski definition) is 3. The molecule has 0 aliphatic rings. The highest BCUT2D eigenvalue weighted by molar-refractivity contribution is 7.81. The third-order valence-corrected chi connectivity index (χ3v) is 4.53. The van der Waals surface area contributed by atoms with E-state index in [1.165, 1.54) is 0 Å². The van der Waals surface area contributed by atoms with Crippen molar-refractivity contribution < 1.29 is 24.2 Å². The molecule has 7 nitrogen and oxygen atoms in total. The second-order valence-electron chi connectivity index (χ2n) is 7.63. The molecule has 0 radical (unpaired) electrons. The number of nitrogens with one attached hydrogen (secondary N) is 1. The van der Waals surface area contributed by atoms with E-state index in [0.717, 1.165) is 10.6 Å². The van der Waals surface area contributed by atoms with Gasteiger partial charge in [-0.15, -0.1) is 0 Å². The van der Waals surface area contributed by atoms with Crippen molar-refractivity contribution in [3.8, 4) is 0 Å². The zero-order chi connectivity index (χ0) is 22.3. The standard InChI is InChI=1S/C22H26N2O5S/c1-22(2,3)29-21(28)23-24(18(25)14-13-15-9-5-4-6-10-15)17-12-8-7-11-16(17)19(30)20(26)27/h4-12,19,30H,13-14H2,1-3H3,(H,23,28)(H,26,27)/t19-/m0/s1. The lowest BCUT2D eigenvalue weighted by molar-refractivity contribution is -0.136.